The monoisotopic (exact) mass is 390 g/mol. The second kappa shape index (κ2) is 9.00. The van der Waals surface area contributed by atoms with Gasteiger partial charge in [-0.05, 0) is 18.6 Å². The van der Waals surface area contributed by atoms with E-state index < -0.39 is 0 Å². The topological polar surface area (TPSA) is 50.3 Å². The molecule has 0 N–H and O–H groups in total. The minimum absolute atomic E-state index is 0.0258. The Morgan fingerprint density at radius 2 is 1.81 bits per heavy atom. The first kappa shape index (κ1) is 19.4. The van der Waals surface area contributed by atoms with Crippen molar-refractivity contribution >= 4 is 45.1 Å². The lowest BCUT2D eigenvalue weighted by atomic mass is 10.1. The van der Waals surface area contributed by atoms with Gasteiger partial charge in [-0.2, -0.15) is 0 Å². The summed E-state index contributed by atoms with van der Waals surface area (Å²) in [5.74, 6) is -0.345. The van der Waals surface area contributed by atoms with Gasteiger partial charge in [-0.3, -0.25) is 14.5 Å². The van der Waals surface area contributed by atoms with E-state index in [0.29, 0.717) is 6.54 Å². The number of thioether (sulfide) groups is 1. The third-order valence-electron chi connectivity index (χ3n) is 4.86. The van der Waals surface area contributed by atoms with Gasteiger partial charge in [0.1, 0.15) is 5.25 Å². The van der Waals surface area contributed by atoms with E-state index >= 15 is 0 Å². The number of thiazole rings is 1. The van der Waals surface area contributed by atoms with Crippen molar-refractivity contribution in [1.82, 2.24) is 9.88 Å². The highest BCUT2D eigenvalue weighted by Gasteiger charge is 2.45. The number of hydrogen-bond donors (Lipinski definition) is 0. The molecule has 1 aliphatic rings. The minimum Gasteiger partial charge on any atom is -0.281 e. The van der Waals surface area contributed by atoms with Crippen molar-refractivity contribution in [3.63, 3.8) is 0 Å². The Hall–Kier alpha value is -1.40. The van der Waals surface area contributed by atoms with E-state index in [-0.39, 0.29) is 23.0 Å². The van der Waals surface area contributed by atoms with E-state index in [0.717, 1.165) is 27.4 Å². The van der Waals surface area contributed by atoms with Gasteiger partial charge < -0.3 is 0 Å². The number of likely N-dealkylation sites (tertiary alicyclic amines) is 1. The molecule has 1 saturated heterocycles. The molecule has 4 nitrogen and oxygen atoms in total. The Bertz CT molecular complexity index is 741. The fraction of sp³-hybridized carbons (Fsp3) is 0.550. The third-order valence-corrected chi connectivity index (χ3v) is 7.38. The van der Waals surface area contributed by atoms with Crippen LogP contribution in [0.4, 0.5) is 0 Å². The summed E-state index contributed by atoms with van der Waals surface area (Å²) in [6, 6.07) is 7.97. The summed E-state index contributed by atoms with van der Waals surface area (Å²) in [6.07, 6.45) is 6.91. The van der Waals surface area contributed by atoms with Gasteiger partial charge >= 0.3 is 0 Å². The van der Waals surface area contributed by atoms with Gasteiger partial charge in [0.2, 0.25) is 11.8 Å². The van der Waals surface area contributed by atoms with E-state index in [1.807, 2.05) is 31.2 Å². The van der Waals surface area contributed by atoms with E-state index in [4.69, 9.17) is 0 Å². The molecule has 0 saturated carbocycles. The summed E-state index contributed by atoms with van der Waals surface area (Å²) in [7, 11) is 0. The van der Waals surface area contributed by atoms with E-state index in [2.05, 4.69) is 11.9 Å². The molecule has 0 aliphatic carbocycles. The molecule has 2 heterocycles. The van der Waals surface area contributed by atoms with E-state index in [1.54, 1.807) is 11.3 Å². The molecule has 3 rings (SSSR count). The number of nitrogens with zero attached hydrogens (tertiary/aromatic N) is 2. The normalized spacial score (nSPS) is 20.5. The number of carbonyl (C=O) groups is 2. The second-order valence-corrected chi connectivity index (χ2v) is 9.29. The van der Waals surface area contributed by atoms with Crippen LogP contribution >= 0.6 is 23.1 Å². The summed E-state index contributed by atoms with van der Waals surface area (Å²) >= 11 is 3.04. The molecule has 0 spiro atoms. The van der Waals surface area contributed by atoms with Crippen molar-refractivity contribution in [3.8, 4) is 0 Å². The van der Waals surface area contributed by atoms with Crippen LogP contribution in [-0.2, 0) is 9.59 Å². The minimum atomic E-state index is -0.344. The molecule has 0 radical (unpaired) electrons. The molecule has 6 heteroatoms. The lowest BCUT2D eigenvalue weighted by molar-refractivity contribution is -0.139. The van der Waals surface area contributed by atoms with Gasteiger partial charge in [-0.1, -0.05) is 69.8 Å². The number of aromatic nitrogens is 1. The van der Waals surface area contributed by atoms with Gasteiger partial charge in [-0.15, -0.1) is 11.3 Å². The largest absolute Gasteiger partial charge is 0.281 e. The number of para-hydroxylation sites is 1. The van der Waals surface area contributed by atoms with Crippen molar-refractivity contribution < 1.29 is 9.59 Å². The van der Waals surface area contributed by atoms with Crippen LogP contribution in [0.1, 0.15) is 52.4 Å². The third kappa shape index (κ3) is 4.29. The predicted octanol–water partition coefficient (Wildman–Crippen LogP) is 5.12. The zero-order chi connectivity index (χ0) is 18.5. The molecule has 2 amide bonds. The fourth-order valence-electron chi connectivity index (χ4n) is 3.28. The number of rotatable bonds is 9. The van der Waals surface area contributed by atoms with Crippen molar-refractivity contribution in [3.05, 3.63) is 24.3 Å². The first-order chi connectivity index (χ1) is 12.6. The summed E-state index contributed by atoms with van der Waals surface area (Å²) in [5.41, 5.74) is 0.952. The number of imide groups is 1. The van der Waals surface area contributed by atoms with Crippen molar-refractivity contribution in [1.29, 1.82) is 0 Å². The lowest BCUT2D eigenvalue weighted by Crippen LogP contribution is -2.32. The summed E-state index contributed by atoms with van der Waals surface area (Å²) in [4.78, 5) is 31.4. The first-order valence-corrected chi connectivity index (χ1v) is 11.2. The molecule has 140 valence electrons. The zero-order valence-corrected chi connectivity index (χ0v) is 17.1. The number of unbranched alkanes of at least 4 members (excludes halogenated alkanes) is 5. The van der Waals surface area contributed by atoms with Crippen LogP contribution in [0.15, 0.2) is 28.6 Å². The van der Waals surface area contributed by atoms with Gasteiger partial charge in [0, 0.05) is 6.54 Å². The highest BCUT2D eigenvalue weighted by atomic mass is 32.2. The highest BCUT2D eigenvalue weighted by molar-refractivity contribution is 8.02. The molecule has 1 aliphatic heterocycles. The second-order valence-electron chi connectivity index (χ2n) is 6.87. The van der Waals surface area contributed by atoms with Crippen LogP contribution in [0.25, 0.3) is 10.2 Å². The predicted molar refractivity (Wildman–Crippen MR) is 109 cm³/mol. The number of fused-ring (bicyclic) bond motifs is 1. The summed E-state index contributed by atoms with van der Waals surface area (Å²) in [6.45, 7) is 4.63. The number of amides is 2. The smallest absolute Gasteiger partial charge is 0.243 e. The van der Waals surface area contributed by atoms with Crippen molar-refractivity contribution in [2.75, 3.05) is 6.54 Å². The fourth-order valence-corrected chi connectivity index (χ4v) is 5.67. The maximum atomic E-state index is 12.8. The maximum Gasteiger partial charge on any atom is 0.243 e. The van der Waals surface area contributed by atoms with E-state index in [9.17, 15) is 9.59 Å². The molecule has 0 bridgehead atoms. The van der Waals surface area contributed by atoms with Crippen LogP contribution < -0.4 is 0 Å². The molecule has 1 aromatic heterocycles. The Morgan fingerprint density at radius 1 is 1.08 bits per heavy atom. The van der Waals surface area contributed by atoms with Gasteiger partial charge in [0.05, 0.1) is 16.1 Å². The zero-order valence-electron chi connectivity index (χ0n) is 15.4. The summed E-state index contributed by atoms with van der Waals surface area (Å²) in [5, 5.41) is -0.344. The van der Waals surface area contributed by atoms with Gasteiger partial charge in [-0.25, -0.2) is 4.98 Å². The molecule has 1 fully saturated rings. The van der Waals surface area contributed by atoms with Crippen LogP contribution in [0, 0.1) is 5.92 Å². The van der Waals surface area contributed by atoms with E-state index in [1.165, 1.54) is 42.3 Å². The van der Waals surface area contributed by atoms with Gasteiger partial charge in [0.25, 0.3) is 0 Å². The van der Waals surface area contributed by atoms with Crippen LogP contribution in [0.3, 0.4) is 0 Å². The van der Waals surface area contributed by atoms with Gasteiger partial charge in [0.15, 0.2) is 4.34 Å². The molecule has 1 aromatic carbocycles. The Morgan fingerprint density at radius 3 is 2.58 bits per heavy atom. The quantitative estimate of drug-likeness (QED) is 0.440. The van der Waals surface area contributed by atoms with Crippen molar-refractivity contribution in [2.24, 2.45) is 5.92 Å². The standard InChI is InChI=1S/C20H26N2O2S2/c1-3-4-5-6-7-10-13-22-18(23)14(2)17(19(22)24)26-20-21-15-11-8-9-12-16(15)25-20/h8-9,11-12,14,17H,3-7,10,13H2,1-2H3. The average molecular weight is 391 g/mol. The van der Waals surface area contributed by atoms with Crippen LogP contribution in [0.5, 0.6) is 0 Å². The number of carbonyl (C=O) groups excluding carboxylic acids is 2. The Labute approximate surface area is 163 Å². The molecule has 2 atom stereocenters. The average Bonchev–Trinajstić information content (AvgIpc) is 3.14. The number of hydrogen-bond acceptors (Lipinski definition) is 5. The molecular formula is C20H26N2O2S2. The molecule has 2 unspecified atom stereocenters. The van der Waals surface area contributed by atoms with Crippen LogP contribution in [0.2, 0.25) is 0 Å². The first-order valence-electron chi connectivity index (χ1n) is 9.49. The molecular weight excluding hydrogens is 364 g/mol. The molecule has 2 aromatic rings. The Balaban J connectivity index is 1.58. The molecule has 26 heavy (non-hydrogen) atoms. The summed E-state index contributed by atoms with van der Waals surface area (Å²) < 4.78 is 1.98. The van der Waals surface area contributed by atoms with Crippen LogP contribution in [-0.4, -0.2) is 33.5 Å². The maximum absolute atomic E-state index is 12.8. The number of benzene rings is 1. The SMILES string of the molecule is CCCCCCCCN1C(=O)C(C)C(Sc2nc3ccccc3s2)C1=O. The van der Waals surface area contributed by atoms with Crippen molar-refractivity contribution in [2.45, 2.75) is 62.0 Å². The highest BCUT2D eigenvalue weighted by Crippen LogP contribution is 2.38. The Kier molecular flexibility index (Phi) is 6.70. The lowest BCUT2D eigenvalue weighted by Gasteiger charge is -2.14.